The Morgan fingerprint density at radius 3 is 2.83 bits per heavy atom. The zero-order valence-corrected chi connectivity index (χ0v) is 14.8. The molecule has 6 nitrogen and oxygen atoms in total. The van der Waals surface area contributed by atoms with Crippen LogP contribution in [-0.2, 0) is 11.2 Å². The molecule has 1 amide bonds. The maximum Gasteiger partial charge on any atom is 0.224 e. The van der Waals surface area contributed by atoms with Gasteiger partial charge in [0.25, 0.3) is 0 Å². The molecule has 1 aromatic carbocycles. The first-order chi connectivity index (χ1) is 11.4. The van der Waals surface area contributed by atoms with Gasteiger partial charge in [-0.15, -0.1) is 0 Å². The summed E-state index contributed by atoms with van der Waals surface area (Å²) < 4.78 is 10.4. The highest BCUT2D eigenvalue weighted by Gasteiger charge is 2.15. The molecular weight excluding hydrogens is 355 g/mol. The first-order valence-corrected chi connectivity index (χ1v) is 8.07. The second-order valence-corrected chi connectivity index (χ2v) is 6.09. The number of nitrogens with one attached hydrogen (secondary N) is 1. The molecule has 130 valence electrons. The average Bonchev–Trinajstić information content (AvgIpc) is 2.86. The number of hydrogen-bond donors (Lipinski definition) is 2. The number of hydrogen-bond acceptors (Lipinski definition) is 5. The Balaban J connectivity index is 1.77. The van der Waals surface area contributed by atoms with Crippen LogP contribution in [0.25, 0.3) is 0 Å². The second-order valence-electron chi connectivity index (χ2n) is 5.30. The molecule has 1 aromatic heterocycles. The summed E-state index contributed by atoms with van der Waals surface area (Å²) in [7, 11) is 0. The van der Waals surface area contributed by atoms with E-state index in [-0.39, 0.29) is 30.5 Å². The van der Waals surface area contributed by atoms with Gasteiger partial charge in [0.05, 0.1) is 17.1 Å². The molecule has 1 heterocycles. The van der Waals surface area contributed by atoms with E-state index in [9.17, 15) is 9.90 Å². The van der Waals surface area contributed by atoms with Gasteiger partial charge in [0.2, 0.25) is 5.91 Å². The highest BCUT2D eigenvalue weighted by atomic mass is 35.5. The van der Waals surface area contributed by atoms with Gasteiger partial charge in [0, 0.05) is 12.1 Å². The van der Waals surface area contributed by atoms with Crippen molar-refractivity contribution in [1.82, 2.24) is 10.5 Å². The Kier molecular flexibility index (Phi) is 6.48. The van der Waals surface area contributed by atoms with Crippen molar-refractivity contribution >= 4 is 29.1 Å². The van der Waals surface area contributed by atoms with E-state index in [0.717, 1.165) is 5.56 Å². The van der Waals surface area contributed by atoms with Crippen molar-refractivity contribution in [3.8, 4) is 5.75 Å². The summed E-state index contributed by atoms with van der Waals surface area (Å²) in [6.07, 6.45) is -0.733. The van der Waals surface area contributed by atoms with E-state index in [1.165, 1.54) is 0 Å². The van der Waals surface area contributed by atoms with Crippen LogP contribution in [0, 0.1) is 13.8 Å². The Labute approximate surface area is 149 Å². The molecule has 0 saturated carbocycles. The standard InChI is InChI=1S/C16H18Cl2N2O4/c1-9-12(10(2)24-20-9)6-15(22)19-7-11(21)8-23-14-5-3-4-13(17)16(14)18/h3-5,11,21H,6-8H2,1-2H3,(H,19,22)/t11-/m1/s1. The normalized spacial score (nSPS) is 12.0. The number of halogens is 2. The third kappa shape index (κ3) is 4.87. The summed E-state index contributed by atoms with van der Waals surface area (Å²) >= 11 is 11.9. The maximum atomic E-state index is 11.9. The molecule has 24 heavy (non-hydrogen) atoms. The molecule has 0 fully saturated rings. The molecular formula is C16H18Cl2N2O4. The van der Waals surface area contributed by atoms with Crippen LogP contribution in [0.15, 0.2) is 22.7 Å². The fourth-order valence-corrected chi connectivity index (χ4v) is 2.40. The Morgan fingerprint density at radius 1 is 1.42 bits per heavy atom. The van der Waals surface area contributed by atoms with E-state index in [1.54, 1.807) is 32.0 Å². The van der Waals surface area contributed by atoms with Crippen LogP contribution < -0.4 is 10.1 Å². The smallest absolute Gasteiger partial charge is 0.224 e. The van der Waals surface area contributed by atoms with Gasteiger partial charge >= 0.3 is 0 Å². The van der Waals surface area contributed by atoms with Crippen molar-refractivity contribution in [1.29, 1.82) is 0 Å². The molecule has 0 aliphatic heterocycles. The number of aliphatic hydroxyl groups is 1. The lowest BCUT2D eigenvalue weighted by molar-refractivity contribution is -0.121. The molecule has 2 N–H and O–H groups in total. The highest BCUT2D eigenvalue weighted by Crippen LogP contribution is 2.31. The van der Waals surface area contributed by atoms with Gasteiger partial charge in [-0.25, -0.2) is 0 Å². The maximum absolute atomic E-state index is 11.9. The van der Waals surface area contributed by atoms with Crippen molar-refractivity contribution in [2.75, 3.05) is 13.2 Å². The van der Waals surface area contributed by atoms with E-state index in [0.29, 0.717) is 22.2 Å². The van der Waals surface area contributed by atoms with Crippen LogP contribution in [-0.4, -0.2) is 35.4 Å². The summed E-state index contributed by atoms with van der Waals surface area (Å²) in [5.74, 6) is 0.761. The topological polar surface area (TPSA) is 84.6 Å². The number of ether oxygens (including phenoxy) is 1. The molecule has 2 aromatic rings. The number of benzene rings is 1. The number of amides is 1. The molecule has 0 aliphatic carbocycles. The Hall–Kier alpha value is -1.76. The van der Waals surface area contributed by atoms with Crippen LogP contribution in [0.2, 0.25) is 10.0 Å². The molecule has 0 unspecified atom stereocenters. The predicted octanol–water partition coefficient (Wildman–Crippen LogP) is 2.70. The van der Waals surface area contributed by atoms with Gasteiger partial charge in [0.1, 0.15) is 29.2 Å². The third-order valence-corrected chi connectivity index (χ3v) is 4.20. The second kappa shape index (κ2) is 8.37. The van der Waals surface area contributed by atoms with Gasteiger partial charge in [0.15, 0.2) is 0 Å². The summed E-state index contributed by atoms with van der Waals surface area (Å²) in [4.78, 5) is 11.9. The van der Waals surface area contributed by atoms with Gasteiger partial charge in [-0.05, 0) is 26.0 Å². The van der Waals surface area contributed by atoms with E-state index >= 15 is 0 Å². The fourth-order valence-electron chi connectivity index (χ4n) is 2.05. The summed E-state index contributed by atoms with van der Waals surface area (Å²) in [6.45, 7) is 3.56. The van der Waals surface area contributed by atoms with Gasteiger partial charge in [-0.3, -0.25) is 4.79 Å². The number of aryl methyl sites for hydroxylation is 2. The highest BCUT2D eigenvalue weighted by molar-refractivity contribution is 6.42. The average molecular weight is 373 g/mol. The largest absolute Gasteiger partial charge is 0.489 e. The molecule has 0 saturated heterocycles. The van der Waals surface area contributed by atoms with Crippen molar-refractivity contribution in [3.63, 3.8) is 0 Å². The van der Waals surface area contributed by atoms with Crippen LogP contribution >= 0.6 is 23.2 Å². The van der Waals surface area contributed by atoms with Crippen molar-refractivity contribution in [2.45, 2.75) is 26.4 Å². The molecule has 0 spiro atoms. The quantitative estimate of drug-likeness (QED) is 0.780. The molecule has 0 aliphatic rings. The molecule has 2 rings (SSSR count). The van der Waals surface area contributed by atoms with Gasteiger partial charge in [-0.2, -0.15) is 0 Å². The molecule has 0 radical (unpaired) electrons. The van der Waals surface area contributed by atoms with E-state index in [2.05, 4.69) is 10.5 Å². The van der Waals surface area contributed by atoms with E-state index in [4.69, 9.17) is 32.5 Å². The molecule has 8 heteroatoms. The lowest BCUT2D eigenvalue weighted by Crippen LogP contribution is -2.36. The third-order valence-electron chi connectivity index (χ3n) is 3.40. The van der Waals surface area contributed by atoms with Crippen LogP contribution in [0.1, 0.15) is 17.0 Å². The number of carbonyl (C=O) groups excluding carboxylic acids is 1. The number of aliphatic hydroxyl groups excluding tert-OH is 1. The number of rotatable bonds is 7. The number of nitrogens with zero attached hydrogens (tertiary/aromatic N) is 1. The molecule has 1 atom stereocenters. The summed E-state index contributed by atoms with van der Waals surface area (Å²) in [6, 6.07) is 4.99. The Morgan fingerprint density at radius 2 is 2.17 bits per heavy atom. The minimum Gasteiger partial charge on any atom is -0.489 e. The van der Waals surface area contributed by atoms with Crippen LogP contribution in [0.5, 0.6) is 5.75 Å². The van der Waals surface area contributed by atoms with Crippen molar-refractivity contribution in [2.24, 2.45) is 0 Å². The minimum atomic E-state index is -0.881. The van der Waals surface area contributed by atoms with Gasteiger partial charge < -0.3 is 19.7 Å². The zero-order chi connectivity index (χ0) is 17.7. The van der Waals surface area contributed by atoms with Crippen molar-refractivity contribution in [3.05, 3.63) is 45.3 Å². The van der Waals surface area contributed by atoms with E-state index in [1.807, 2.05) is 0 Å². The molecule has 0 bridgehead atoms. The summed E-state index contributed by atoms with van der Waals surface area (Å²) in [5.41, 5.74) is 1.44. The first kappa shape index (κ1) is 18.6. The minimum absolute atomic E-state index is 0.0222. The predicted molar refractivity (Wildman–Crippen MR) is 90.7 cm³/mol. The van der Waals surface area contributed by atoms with Crippen LogP contribution in [0.3, 0.4) is 0 Å². The lowest BCUT2D eigenvalue weighted by Gasteiger charge is -2.14. The van der Waals surface area contributed by atoms with Crippen molar-refractivity contribution < 1.29 is 19.2 Å². The van der Waals surface area contributed by atoms with Crippen LogP contribution in [0.4, 0.5) is 0 Å². The summed E-state index contributed by atoms with van der Waals surface area (Å²) in [5, 5.41) is 17.0. The first-order valence-electron chi connectivity index (χ1n) is 7.31. The SMILES string of the molecule is Cc1noc(C)c1CC(=O)NC[C@@H](O)COc1cccc(Cl)c1Cl. The fraction of sp³-hybridized carbons (Fsp3) is 0.375. The lowest BCUT2D eigenvalue weighted by atomic mass is 10.1. The van der Waals surface area contributed by atoms with Gasteiger partial charge in [-0.1, -0.05) is 34.4 Å². The Bertz CT molecular complexity index is 699. The zero-order valence-electron chi connectivity index (χ0n) is 13.3. The monoisotopic (exact) mass is 372 g/mol. The number of aromatic nitrogens is 1. The van der Waals surface area contributed by atoms with E-state index < -0.39 is 6.10 Å². The number of carbonyl (C=O) groups is 1.